The summed E-state index contributed by atoms with van der Waals surface area (Å²) >= 11 is 0. The van der Waals surface area contributed by atoms with Gasteiger partial charge in [0.25, 0.3) is 0 Å². The zero-order valence-electron chi connectivity index (χ0n) is 15.6. The average Bonchev–Trinajstić information content (AvgIpc) is 2.70. The summed E-state index contributed by atoms with van der Waals surface area (Å²) in [5.41, 5.74) is 6.79. The molecular formula is C24H22N2O. The fraction of sp³-hybridized carbons (Fsp3) is 0.167. The van der Waals surface area contributed by atoms with E-state index in [1.165, 1.54) is 11.1 Å². The predicted molar refractivity (Wildman–Crippen MR) is 109 cm³/mol. The molecule has 0 amide bonds. The van der Waals surface area contributed by atoms with Gasteiger partial charge in [0, 0.05) is 35.4 Å². The van der Waals surface area contributed by atoms with E-state index >= 15 is 0 Å². The van der Waals surface area contributed by atoms with E-state index < -0.39 is 0 Å². The Bertz CT molecular complexity index is 997. The van der Waals surface area contributed by atoms with Crippen LogP contribution in [0.2, 0.25) is 0 Å². The van der Waals surface area contributed by atoms with Gasteiger partial charge in [-0.2, -0.15) is 0 Å². The first-order valence-electron chi connectivity index (χ1n) is 8.88. The molecule has 0 saturated carbocycles. The molecule has 1 N–H and O–H groups in total. The van der Waals surface area contributed by atoms with E-state index in [1.807, 2.05) is 43.3 Å². The number of pyridine rings is 1. The number of oxime groups is 1. The summed E-state index contributed by atoms with van der Waals surface area (Å²) in [7, 11) is 0. The third-order valence-electron chi connectivity index (χ3n) is 4.79. The second kappa shape index (κ2) is 8.33. The third kappa shape index (κ3) is 4.24. The second-order valence-electron chi connectivity index (χ2n) is 6.61. The fourth-order valence-electron chi connectivity index (χ4n) is 3.33. The van der Waals surface area contributed by atoms with Crippen molar-refractivity contribution in [1.29, 1.82) is 0 Å². The minimum atomic E-state index is 0.0531. The average molecular weight is 354 g/mol. The summed E-state index contributed by atoms with van der Waals surface area (Å²) in [5.74, 6) is 2.71. The Hall–Kier alpha value is -3.38. The summed E-state index contributed by atoms with van der Waals surface area (Å²) < 4.78 is 0. The highest BCUT2D eigenvalue weighted by Crippen LogP contribution is 2.32. The Morgan fingerprint density at radius 3 is 2.48 bits per heavy atom. The van der Waals surface area contributed by atoms with Gasteiger partial charge in [-0.25, -0.2) is 0 Å². The zero-order chi connectivity index (χ0) is 19.2. The Morgan fingerprint density at radius 2 is 1.85 bits per heavy atom. The molecule has 0 unspecified atom stereocenters. The van der Waals surface area contributed by atoms with Crippen LogP contribution in [0.1, 0.15) is 45.8 Å². The van der Waals surface area contributed by atoms with Crippen molar-refractivity contribution in [2.45, 2.75) is 26.2 Å². The zero-order valence-corrected chi connectivity index (χ0v) is 15.6. The normalized spacial score (nSPS) is 12.4. The van der Waals surface area contributed by atoms with Gasteiger partial charge in [-0.3, -0.25) is 4.98 Å². The standard InChI is InChI=1S/C24H22N2O/c1-4-19-9-11-20(12-10-19)23(22-8-6-5-7-17(22)2)16-24(26-27)21-13-14-25-18(3)15-21/h1,5-15,23,27H,16H2,2-3H3/b26-24+/t23-/m1/s1. The lowest BCUT2D eigenvalue weighted by Crippen LogP contribution is -2.12. The molecule has 27 heavy (non-hydrogen) atoms. The van der Waals surface area contributed by atoms with Crippen molar-refractivity contribution in [3.63, 3.8) is 0 Å². The highest BCUT2D eigenvalue weighted by Gasteiger charge is 2.20. The van der Waals surface area contributed by atoms with Crippen molar-refractivity contribution >= 4 is 5.71 Å². The van der Waals surface area contributed by atoms with Crippen LogP contribution in [0.4, 0.5) is 0 Å². The molecule has 3 heteroatoms. The van der Waals surface area contributed by atoms with Gasteiger partial charge in [0.05, 0.1) is 5.71 Å². The van der Waals surface area contributed by atoms with Gasteiger partial charge in [0.1, 0.15) is 0 Å². The minimum absolute atomic E-state index is 0.0531. The quantitative estimate of drug-likeness (QED) is 0.300. The number of hydrogen-bond donors (Lipinski definition) is 1. The minimum Gasteiger partial charge on any atom is -0.411 e. The van der Waals surface area contributed by atoms with Crippen LogP contribution in [0.15, 0.2) is 72.0 Å². The molecule has 2 aromatic carbocycles. The van der Waals surface area contributed by atoms with E-state index in [2.05, 4.69) is 47.2 Å². The van der Waals surface area contributed by atoms with Gasteiger partial charge in [0.2, 0.25) is 0 Å². The van der Waals surface area contributed by atoms with Gasteiger partial charge in [-0.15, -0.1) is 6.42 Å². The molecule has 1 heterocycles. The van der Waals surface area contributed by atoms with Crippen molar-refractivity contribution in [1.82, 2.24) is 4.98 Å². The molecule has 0 aliphatic rings. The molecule has 1 atom stereocenters. The lowest BCUT2D eigenvalue weighted by Gasteiger charge is -2.21. The van der Waals surface area contributed by atoms with Crippen LogP contribution < -0.4 is 0 Å². The first-order valence-corrected chi connectivity index (χ1v) is 8.88. The topological polar surface area (TPSA) is 45.5 Å². The van der Waals surface area contributed by atoms with Crippen molar-refractivity contribution < 1.29 is 5.21 Å². The Labute approximate surface area is 160 Å². The Kier molecular flexibility index (Phi) is 5.68. The largest absolute Gasteiger partial charge is 0.411 e. The van der Waals surface area contributed by atoms with Crippen molar-refractivity contribution in [2.24, 2.45) is 5.16 Å². The maximum Gasteiger partial charge on any atom is 0.0878 e. The summed E-state index contributed by atoms with van der Waals surface area (Å²) in [5, 5.41) is 13.3. The number of benzene rings is 2. The summed E-state index contributed by atoms with van der Waals surface area (Å²) in [6, 6.07) is 20.1. The van der Waals surface area contributed by atoms with Gasteiger partial charge < -0.3 is 5.21 Å². The lowest BCUT2D eigenvalue weighted by molar-refractivity contribution is 0.317. The predicted octanol–water partition coefficient (Wildman–Crippen LogP) is 5.08. The summed E-state index contributed by atoms with van der Waals surface area (Å²) in [6.07, 6.45) is 7.80. The van der Waals surface area contributed by atoms with E-state index in [4.69, 9.17) is 6.42 Å². The molecule has 0 aliphatic carbocycles. The molecule has 134 valence electrons. The smallest absolute Gasteiger partial charge is 0.0878 e. The molecule has 1 aromatic heterocycles. The molecule has 0 radical (unpaired) electrons. The van der Waals surface area contributed by atoms with Gasteiger partial charge in [0.15, 0.2) is 0 Å². The third-order valence-corrected chi connectivity index (χ3v) is 4.79. The lowest BCUT2D eigenvalue weighted by atomic mass is 9.83. The van der Waals surface area contributed by atoms with Gasteiger partial charge in [-0.1, -0.05) is 47.5 Å². The van der Waals surface area contributed by atoms with Crippen LogP contribution in [0.25, 0.3) is 0 Å². The van der Waals surface area contributed by atoms with Crippen molar-refractivity contribution in [2.75, 3.05) is 0 Å². The monoisotopic (exact) mass is 354 g/mol. The van der Waals surface area contributed by atoms with Crippen LogP contribution in [-0.2, 0) is 0 Å². The SMILES string of the molecule is C#Cc1ccc([C@@H](C/C(=N\O)c2ccnc(C)c2)c2ccccc2C)cc1. The molecular weight excluding hydrogens is 332 g/mol. The maximum atomic E-state index is 9.71. The van der Waals surface area contributed by atoms with Crippen LogP contribution in [0.5, 0.6) is 0 Å². The molecule has 0 saturated heterocycles. The van der Waals surface area contributed by atoms with E-state index in [-0.39, 0.29) is 5.92 Å². The molecule has 3 aromatic rings. The summed E-state index contributed by atoms with van der Waals surface area (Å²) in [4.78, 5) is 4.23. The van der Waals surface area contributed by atoms with E-state index in [0.717, 1.165) is 22.4 Å². The highest BCUT2D eigenvalue weighted by atomic mass is 16.4. The highest BCUT2D eigenvalue weighted by molar-refractivity contribution is 6.00. The number of aromatic nitrogens is 1. The second-order valence-corrected chi connectivity index (χ2v) is 6.61. The Morgan fingerprint density at radius 1 is 1.11 bits per heavy atom. The molecule has 0 aliphatic heterocycles. The number of aryl methyl sites for hydroxylation is 2. The molecule has 3 rings (SSSR count). The summed E-state index contributed by atoms with van der Waals surface area (Å²) in [6.45, 7) is 4.03. The van der Waals surface area contributed by atoms with Crippen LogP contribution in [-0.4, -0.2) is 15.9 Å². The van der Waals surface area contributed by atoms with Crippen LogP contribution in [0, 0.1) is 26.2 Å². The fourth-order valence-corrected chi connectivity index (χ4v) is 3.33. The number of hydrogen-bond acceptors (Lipinski definition) is 3. The van der Waals surface area contributed by atoms with E-state index in [0.29, 0.717) is 12.1 Å². The number of rotatable bonds is 5. The van der Waals surface area contributed by atoms with E-state index in [1.54, 1.807) is 6.20 Å². The van der Waals surface area contributed by atoms with E-state index in [9.17, 15) is 5.21 Å². The van der Waals surface area contributed by atoms with Crippen LogP contribution in [0.3, 0.4) is 0 Å². The molecule has 0 fully saturated rings. The van der Waals surface area contributed by atoms with Crippen molar-refractivity contribution in [3.8, 4) is 12.3 Å². The van der Waals surface area contributed by atoms with Crippen LogP contribution >= 0.6 is 0 Å². The first kappa shape index (κ1) is 18.4. The molecule has 0 bridgehead atoms. The number of terminal acetylenes is 1. The van der Waals surface area contributed by atoms with Gasteiger partial charge in [-0.05, 0) is 54.8 Å². The first-order chi connectivity index (χ1) is 13.1. The Balaban J connectivity index is 2.04. The molecule has 0 spiro atoms. The number of nitrogens with zero attached hydrogens (tertiary/aromatic N) is 2. The van der Waals surface area contributed by atoms with Crippen molar-refractivity contribution in [3.05, 3.63) is 100 Å². The molecule has 3 nitrogen and oxygen atoms in total. The maximum absolute atomic E-state index is 9.71. The van der Waals surface area contributed by atoms with Gasteiger partial charge >= 0.3 is 0 Å².